The Morgan fingerprint density at radius 1 is 1.71 bits per heavy atom. The number of halogens is 2. The molecule has 0 spiro atoms. The Bertz CT molecular complexity index is 336. The molecular weight excluding hydrogens is 194 g/mol. The molecule has 0 fully saturated rings. The lowest BCUT2D eigenvalue weighted by molar-refractivity contribution is 0.0683. The van der Waals surface area contributed by atoms with Gasteiger partial charge in [0.25, 0.3) is 6.43 Å². The second-order valence-electron chi connectivity index (χ2n) is 2.78. The molecule has 0 amide bonds. The number of alkyl halides is 2. The SMILES string of the molecule is CCCn1nc(C(F)F)cc1C(=O)O. The number of aromatic carboxylic acids is 1. The van der Waals surface area contributed by atoms with Crippen LogP contribution in [0.4, 0.5) is 8.78 Å². The topological polar surface area (TPSA) is 55.1 Å². The van der Waals surface area contributed by atoms with Gasteiger partial charge in [0.1, 0.15) is 11.4 Å². The summed E-state index contributed by atoms with van der Waals surface area (Å²) in [5.74, 6) is -1.24. The van der Waals surface area contributed by atoms with Gasteiger partial charge in [0, 0.05) is 6.54 Å². The maximum absolute atomic E-state index is 12.2. The van der Waals surface area contributed by atoms with Gasteiger partial charge in [0.2, 0.25) is 0 Å². The van der Waals surface area contributed by atoms with E-state index in [0.29, 0.717) is 13.0 Å². The number of carboxylic acid groups (broad SMARTS) is 1. The van der Waals surface area contributed by atoms with Crippen molar-refractivity contribution in [3.05, 3.63) is 17.5 Å². The molecule has 14 heavy (non-hydrogen) atoms. The highest BCUT2D eigenvalue weighted by Gasteiger charge is 2.18. The quantitative estimate of drug-likeness (QED) is 0.815. The van der Waals surface area contributed by atoms with E-state index in [1.165, 1.54) is 0 Å². The molecule has 1 N–H and O–H groups in total. The molecule has 4 nitrogen and oxygen atoms in total. The van der Waals surface area contributed by atoms with E-state index in [9.17, 15) is 13.6 Å². The summed E-state index contributed by atoms with van der Waals surface area (Å²) in [6, 6.07) is 0.905. The first-order valence-electron chi connectivity index (χ1n) is 4.15. The van der Waals surface area contributed by atoms with Gasteiger partial charge >= 0.3 is 5.97 Å². The van der Waals surface area contributed by atoms with E-state index >= 15 is 0 Å². The number of hydrogen-bond donors (Lipinski definition) is 1. The number of nitrogens with zero attached hydrogens (tertiary/aromatic N) is 2. The van der Waals surface area contributed by atoms with Gasteiger partial charge in [-0.05, 0) is 12.5 Å². The lowest BCUT2D eigenvalue weighted by Crippen LogP contribution is -2.09. The number of carbonyl (C=O) groups is 1. The lowest BCUT2D eigenvalue weighted by atomic mass is 10.3. The summed E-state index contributed by atoms with van der Waals surface area (Å²) in [5, 5.41) is 12.2. The fourth-order valence-electron chi connectivity index (χ4n) is 1.10. The van der Waals surface area contributed by atoms with E-state index in [1.54, 1.807) is 0 Å². The molecule has 1 heterocycles. The molecule has 1 aromatic heterocycles. The van der Waals surface area contributed by atoms with Crippen molar-refractivity contribution in [1.82, 2.24) is 9.78 Å². The van der Waals surface area contributed by atoms with Gasteiger partial charge in [-0.2, -0.15) is 5.10 Å². The molecule has 1 aromatic rings. The highest BCUT2D eigenvalue weighted by atomic mass is 19.3. The molecule has 0 aliphatic carbocycles. The molecule has 0 unspecified atom stereocenters. The zero-order chi connectivity index (χ0) is 10.7. The van der Waals surface area contributed by atoms with Gasteiger partial charge < -0.3 is 5.11 Å². The number of aryl methyl sites for hydroxylation is 1. The minimum absolute atomic E-state index is 0.192. The number of hydrogen-bond acceptors (Lipinski definition) is 2. The van der Waals surface area contributed by atoms with Crippen LogP contribution in [0.2, 0.25) is 0 Å². The molecule has 0 radical (unpaired) electrons. The smallest absolute Gasteiger partial charge is 0.354 e. The van der Waals surface area contributed by atoms with Gasteiger partial charge in [-0.3, -0.25) is 4.68 Å². The Hall–Kier alpha value is -1.46. The average molecular weight is 204 g/mol. The van der Waals surface area contributed by atoms with Gasteiger partial charge in [0.15, 0.2) is 0 Å². The largest absolute Gasteiger partial charge is 0.477 e. The summed E-state index contributed by atoms with van der Waals surface area (Å²) in [6.45, 7) is 2.14. The Labute approximate surface area is 79.2 Å². The zero-order valence-electron chi connectivity index (χ0n) is 7.57. The van der Waals surface area contributed by atoms with Crippen LogP contribution in [-0.4, -0.2) is 20.9 Å². The summed E-state index contributed by atoms with van der Waals surface area (Å²) < 4.78 is 25.5. The van der Waals surface area contributed by atoms with Crippen LogP contribution in [0.25, 0.3) is 0 Å². The van der Waals surface area contributed by atoms with Crippen molar-refractivity contribution < 1.29 is 18.7 Å². The van der Waals surface area contributed by atoms with E-state index in [1.807, 2.05) is 6.92 Å². The lowest BCUT2D eigenvalue weighted by Gasteiger charge is -2.00. The van der Waals surface area contributed by atoms with Crippen molar-refractivity contribution >= 4 is 5.97 Å². The van der Waals surface area contributed by atoms with Crippen LogP contribution in [0.3, 0.4) is 0 Å². The van der Waals surface area contributed by atoms with E-state index < -0.39 is 18.1 Å². The molecule has 0 saturated heterocycles. The summed E-state index contributed by atoms with van der Waals surface area (Å²) in [4.78, 5) is 10.6. The first-order valence-corrected chi connectivity index (χ1v) is 4.15. The Balaban J connectivity index is 3.05. The molecule has 78 valence electrons. The van der Waals surface area contributed by atoms with Crippen molar-refractivity contribution in [2.45, 2.75) is 26.3 Å². The standard InChI is InChI=1S/C8H10F2N2O2/c1-2-3-12-6(8(13)14)4-5(11-12)7(9)10/h4,7H,2-3H2,1H3,(H,13,14). The van der Waals surface area contributed by atoms with Crippen molar-refractivity contribution in [3.8, 4) is 0 Å². The summed E-state index contributed by atoms with van der Waals surface area (Å²) in [7, 11) is 0. The van der Waals surface area contributed by atoms with Crippen LogP contribution in [0.1, 0.15) is 36.0 Å². The zero-order valence-corrected chi connectivity index (χ0v) is 7.57. The summed E-state index contributed by atoms with van der Waals surface area (Å²) >= 11 is 0. The molecule has 0 atom stereocenters. The maximum atomic E-state index is 12.2. The van der Waals surface area contributed by atoms with E-state index in [0.717, 1.165) is 10.7 Å². The molecule has 0 aliphatic rings. The van der Waals surface area contributed by atoms with Crippen LogP contribution >= 0.6 is 0 Å². The molecular formula is C8H10F2N2O2. The van der Waals surface area contributed by atoms with Crippen LogP contribution in [0.15, 0.2) is 6.07 Å². The van der Waals surface area contributed by atoms with Crippen molar-refractivity contribution in [2.24, 2.45) is 0 Å². The number of rotatable bonds is 4. The first-order chi connectivity index (χ1) is 6.56. The number of carboxylic acids is 1. The van der Waals surface area contributed by atoms with Crippen molar-refractivity contribution in [1.29, 1.82) is 0 Å². The minimum atomic E-state index is -2.73. The third kappa shape index (κ3) is 2.07. The highest BCUT2D eigenvalue weighted by molar-refractivity contribution is 5.85. The van der Waals surface area contributed by atoms with Gasteiger partial charge in [-0.15, -0.1) is 0 Å². The van der Waals surface area contributed by atoms with E-state index in [4.69, 9.17) is 5.11 Å². The fraction of sp³-hybridized carbons (Fsp3) is 0.500. The first kappa shape index (κ1) is 10.6. The fourth-order valence-corrected chi connectivity index (χ4v) is 1.10. The Morgan fingerprint density at radius 3 is 2.79 bits per heavy atom. The average Bonchev–Trinajstić information content (AvgIpc) is 2.49. The van der Waals surface area contributed by atoms with Crippen molar-refractivity contribution in [3.63, 3.8) is 0 Å². The highest BCUT2D eigenvalue weighted by Crippen LogP contribution is 2.18. The predicted molar refractivity (Wildman–Crippen MR) is 44.4 cm³/mol. The third-order valence-electron chi connectivity index (χ3n) is 1.68. The second-order valence-corrected chi connectivity index (χ2v) is 2.78. The third-order valence-corrected chi connectivity index (χ3v) is 1.68. The van der Waals surface area contributed by atoms with Crippen LogP contribution in [-0.2, 0) is 6.54 Å². The van der Waals surface area contributed by atoms with Gasteiger partial charge in [-0.25, -0.2) is 13.6 Å². The van der Waals surface area contributed by atoms with E-state index in [2.05, 4.69) is 5.10 Å². The van der Waals surface area contributed by atoms with Gasteiger partial charge in [-0.1, -0.05) is 6.92 Å². The second kappa shape index (κ2) is 4.17. The van der Waals surface area contributed by atoms with Crippen LogP contribution < -0.4 is 0 Å². The summed E-state index contributed by atoms with van der Waals surface area (Å²) in [6.07, 6.45) is -2.09. The van der Waals surface area contributed by atoms with Crippen LogP contribution in [0, 0.1) is 0 Å². The normalized spacial score (nSPS) is 10.9. The monoisotopic (exact) mass is 204 g/mol. The summed E-state index contributed by atoms with van der Waals surface area (Å²) in [5.41, 5.74) is -0.682. The molecule has 0 saturated carbocycles. The molecule has 6 heteroatoms. The number of aromatic nitrogens is 2. The van der Waals surface area contributed by atoms with Crippen molar-refractivity contribution in [2.75, 3.05) is 0 Å². The molecule has 0 aliphatic heterocycles. The maximum Gasteiger partial charge on any atom is 0.354 e. The van der Waals surface area contributed by atoms with Crippen LogP contribution in [0.5, 0.6) is 0 Å². The van der Waals surface area contributed by atoms with Gasteiger partial charge in [0.05, 0.1) is 0 Å². The molecule has 0 aromatic carbocycles. The Morgan fingerprint density at radius 2 is 2.36 bits per heavy atom. The molecule has 0 bridgehead atoms. The van der Waals surface area contributed by atoms with E-state index in [-0.39, 0.29) is 5.69 Å². The Kier molecular flexibility index (Phi) is 3.16. The predicted octanol–water partition coefficient (Wildman–Crippen LogP) is 1.93. The minimum Gasteiger partial charge on any atom is -0.477 e. The molecule has 1 rings (SSSR count).